The Labute approximate surface area is 116 Å². The van der Waals surface area contributed by atoms with Gasteiger partial charge in [-0.1, -0.05) is 0 Å². The Hall–Kier alpha value is -2.17. The molecule has 1 fully saturated rings. The smallest absolute Gasteiger partial charge is 0.255 e. The first-order valence-electron chi connectivity index (χ1n) is 6.80. The monoisotopic (exact) mass is 272 g/mol. The molecular weight excluding hydrogens is 256 g/mol. The zero-order valence-electron chi connectivity index (χ0n) is 11.1. The number of amides is 1. The predicted octanol–water partition coefficient (Wildman–Crippen LogP) is 1.31. The van der Waals surface area contributed by atoms with Crippen molar-refractivity contribution in [2.75, 3.05) is 5.73 Å². The fraction of sp³-hybridized carbons (Fsp3) is 0.400. The van der Waals surface area contributed by atoms with Crippen molar-refractivity contribution in [2.24, 2.45) is 0 Å². The molecule has 0 saturated heterocycles. The van der Waals surface area contributed by atoms with Crippen LogP contribution in [0, 0.1) is 0 Å². The van der Waals surface area contributed by atoms with Crippen LogP contribution in [0.25, 0.3) is 0 Å². The van der Waals surface area contributed by atoms with E-state index in [9.17, 15) is 14.4 Å². The molecule has 1 aromatic rings. The highest BCUT2D eigenvalue weighted by Crippen LogP contribution is 2.29. The SMILES string of the molecule is Nc1ccc2c(c1)CN([C@H]1CCCC(=O)CC1=O)C2=O. The third-order valence-electron chi connectivity index (χ3n) is 4.01. The summed E-state index contributed by atoms with van der Waals surface area (Å²) in [6.07, 6.45) is 1.62. The number of carbonyl (C=O) groups is 3. The summed E-state index contributed by atoms with van der Waals surface area (Å²) in [6, 6.07) is 4.71. The molecule has 20 heavy (non-hydrogen) atoms. The molecule has 1 amide bonds. The fourth-order valence-corrected chi connectivity index (χ4v) is 3.00. The Kier molecular flexibility index (Phi) is 3.04. The summed E-state index contributed by atoms with van der Waals surface area (Å²) in [5, 5.41) is 0. The Morgan fingerprint density at radius 2 is 2.00 bits per heavy atom. The van der Waals surface area contributed by atoms with Crippen LogP contribution in [0.3, 0.4) is 0 Å². The molecule has 1 aromatic carbocycles. The number of fused-ring (bicyclic) bond motifs is 1. The third-order valence-corrected chi connectivity index (χ3v) is 4.01. The van der Waals surface area contributed by atoms with Gasteiger partial charge < -0.3 is 10.6 Å². The van der Waals surface area contributed by atoms with Gasteiger partial charge >= 0.3 is 0 Å². The van der Waals surface area contributed by atoms with Crippen LogP contribution < -0.4 is 5.73 Å². The minimum absolute atomic E-state index is 0.0223. The number of benzene rings is 1. The highest BCUT2D eigenvalue weighted by molar-refractivity contribution is 6.06. The number of nitrogens with two attached hydrogens (primary N) is 1. The highest BCUT2D eigenvalue weighted by atomic mass is 16.2. The van der Waals surface area contributed by atoms with Gasteiger partial charge in [-0.05, 0) is 36.6 Å². The number of hydrogen-bond acceptors (Lipinski definition) is 4. The van der Waals surface area contributed by atoms with Gasteiger partial charge in [-0.2, -0.15) is 0 Å². The van der Waals surface area contributed by atoms with Gasteiger partial charge in [0.25, 0.3) is 5.91 Å². The van der Waals surface area contributed by atoms with Gasteiger partial charge in [-0.15, -0.1) is 0 Å². The lowest BCUT2D eigenvalue weighted by Crippen LogP contribution is -2.41. The maximum atomic E-state index is 12.4. The van der Waals surface area contributed by atoms with Crippen molar-refractivity contribution in [1.82, 2.24) is 4.90 Å². The Bertz CT molecular complexity index is 609. The molecule has 104 valence electrons. The van der Waals surface area contributed by atoms with Crippen LogP contribution >= 0.6 is 0 Å². The van der Waals surface area contributed by atoms with Crippen LogP contribution in [0.4, 0.5) is 5.69 Å². The number of carbonyl (C=O) groups excluding carboxylic acids is 3. The van der Waals surface area contributed by atoms with E-state index in [1.165, 1.54) is 0 Å². The average Bonchev–Trinajstić information content (AvgIpc) is 2.60. The largest absolute Gasteiger partial charge is 0.399 e. The van der Waals surface area contributed by atoms with Crippen LogP contribution in [-0.4, -0.2) is 28.4 Å². The second-order valence-electron chi connectivity index (χ2n) is 5.44. The molecule has 0 radical (unpaired) electrons. The van der Waals surface area contributed by atoms with Crippen molar-refractivity contribution < 1.29 is 14.4 Å². The van der Waals surface area contributed by atoms with Crippen molar-refractivity contribution in [3.63, 3.8) is 0 Å². The van der Waals surface area contributed by atoms with Gasteiger partial charge in [0, 0.05) is 24.2 Å². The quantitative estimate of drug-likeness (QED) is 0.475. The molecule has 0 spiro atoms. The van der Waals surface area contributed by atoms with Gasteiger partial charge in [-0.3, -0.25) is 14.4 Å². The molecule has 1 heterocycles. The lowest BCUT2D eigenvalue weighted by Gasteiger charge is -2.25. The number of hydrogen-bond donors (Lipinski definition) is 1. The number of anilines is 1. The van der Waals surface area contributed by atoms with Crippen LogP contribution in [-0.2, 0) is 16.1 Å². The summed E-state index contributed by atoms with van der Waals surface area (Å²) < 4.78 is 0. The number of Topliss-reactive ketones (excluding diaryl/α,β-unsaturated/α-hetero) is 2. The van der Waals surface area contributed by atoms with E-state index < -0.39 is 6.04 Å². The summed E-state index contributed by atoms with van der Waals surface area (Å²) in [5.74, 6) is -0.291. The van der Waals surface area contributed by atoms with E-state index >= 15 is 0 Å². The fourth-order valence-electron chi connectivity index (χ4n) is 3.00. The van der Waals surface area contributed by atoms with Crippen LogP contribution in [0.15, 0.2) is 18.2 Å². The minimum atomic E-state index is -0.470. The Morgan fingerprint density at radius 3 is 2.80 bits per heavy atom. The van der Waals surface area contributed by atoms with E-state index in [1.807, 2.05) is 0 Å². The van der Waals surface area contributed by atoms with Gasteiger partial charge in [0.1, 0.15) is 5.78 Å². The van der Waals surface area contributed by atoms with Crippen molar-refractivity contribution in [3.8, 4) is 0 Å². The van der Waals surface area contributed by atoms with E-state index in [0.717, 1.165) is 5.56 Å². The zero-order chi connectivity index (χ0) is 14.3. The lowest BCUT2D eigenvalue weighted by atomic mass is 10.1. The van der Waals surface area contributed by atoms with Crippen LogP contribution in [0.2, 0.25) is 0 Å². The summed E-state index contributed by atoms with van der Waals surface area (Å²) in [6.45, 7) is 0.407. The number of nitrogens with zero attached hydrogens (tertiary/aromatic N) is 1. The Morgan fingerprint density at radius 1 is 1.20 bits per heavy atom. The number of nitrogen functional groups attached to an aromatic ring is 1. The molecule has 2 N–H and O–H groups in total. The molecule has 1 aliphatic carbocycles. The van der Waals surface area contributed by atoms with E-state index in [4.69, 9.17) is 5.73 Å². The van der Waals surface area contributed by atoms with E-state index in [-0.39, 0.29) is 23.9 Å². The molecular formula is C15H16N2O3. The summed E-state index contributed by atoms with van der Waals surface area (Å²) in [5.41, 5.74) is 7.81. The van der Waals surface area contributed by atoms with Crippen molar-refractivity contribution in [2.45, 2.75) is 38.3 Å². The molecule has 0 bridgehead atoms. The van der Waals surface area contributed by atoms with E-state index in [2.05, 4.69) is 0 Å². The van der Waals surface area contributed by atoms with Gasteiger partial charge in [0.15, 0.2) is 5.78 Å². The average molecular weight is 272 g/mol. The standard InChI is InChI=1S/C15H16N2O3/c16-10-4-5-12-9(6-10)8-17(15(12)20)13-3-1-2-11(18)7-14(13)19/h4-6,13H,1-3,7-8,16H2/t13-/m0/s1. The van der Waals surface area contributed by atoms with E-state index in [1.54, 1.807) is 23.1 Å². The zero-order valence-corrected chi connectivity index (χ0v) is 11.1. The van der Waals surface area contributed by atoms with Crippen LogP contribution in [0.1, 0.15) is 41.6 Å². The van der Waals surface area contributed by atoms with Gasteiger partial charge in [0.2, 0.25) is 0 Å². The maximum Gasteiger partial charge on any atom is 0.255 e. The Balaban J connectivity index is 1.87. The lowest BCUT2D eigenvalue weighted by molar-refractivity contribution is -0.128. The van der Waals surface area contributed by atoms with Crippen molar-refractivity contribution in [1.29, 1.82) is 0 Å². The highest BCUT2D eigenvalue weighted by Gasteiger charge is 2.37. The molecule has 1 aliphatic heterocycles. The van der Waals surface area contributed by atoms with E-state index in [0.29, 0.717) is 37.1 Å². The number of ketones is 2. The molecule has 0 unspecified atom stereocenters. The normalized spacial score (nSPS) is 22.9. The number of rotatable bonds is 1. The molecule has 1 saturated carbocycles. The second-order valence-corrected chi connectivity index (χ2v) is 5.44. The van der Waals surface area contributed by atoms with Gasteiger partial charge in [-0.25, -0.2) is 0 Å². The summed E-state index contributed by atoms with van der Waals surface area (Å²) in [4.78, 5) is 37.6. The topological polar surface area (TPSA) is 80.5 Å². The van der Waals surface area contributed by atoms with Crippen molar-refractivity contribution in [3.05, 3.63) is 29.3 Å². The second kappa shape index (κ2) is 4.74. The van der Waals surface area contributed by atoms with Crippen LogP contribution in [0.5, 0.6) is 0 Å². The first-order chi connectivity index (χ1) is 9.56. The summed E-state index contributed by atoms with van der Waals surface area (Å²) >= 11 is 0. The first kappa shape index (κ1) is 12.8. The third kappa shape index (κ3) is 2.09. The van der Waals surface area contributed by atoms with Gasteiger partial charge in [0.05, 0.1) is 12.5 Å². The molecule has 2 aliphatic rings. The first-order valence-corrected chi connectivity index (χ1v) is 6.80. The van der Waals surface area contributed by atoms with Crippen molar-refractivity contribution >= 4 is 23.2 Å². The summed E-state index contributed by atoms with van der Waals surface area (Å²) in [7, 11) is 0. The minimum Gasteiger partial charge on any atom is -0.399 e. The maximum absolute atomic E-state index is 12.4. The molecule has 1 atom stereocenters. The molecule has 3 rings (SSSR count). The molecule has 0 aromatic heterocycles. The molecule has 5 heteroatoms. The predicted molar refractivity (Wildman–Crippen MR) is 73.0 cm³/mol. The molecule has 5 nitrogen and oxygen atoms in total.